The number of likely N-dealkylation sites (N-methyl/N-ethyl adjacent to an activating group) is 1. The number of unbranched alkanes of at least 4 members (excludes halogenated alkanes) is 37. The van der Waals surface area contributed by atoms with Gasteiger partial charge in [-0.15, -0.1) is 0 Å². The number of carbonyl (C=O) groups excluding carboxylic acids is 2. The molecular weight excluding hydrogens is 1130 g/mol. The van der Waals surface area contributed by atoms with Gasteiger partial charge in [-0.25, -0.2) is 4.57 Å². The summed E-state index contributed by atoms with van der Waals surface area (Å²) in [5.41, 5.74) is 0. The molecule has 0 heterocycles. The van der Waals surface area contributed by atoms with Crippen molar-refractivity contribution in [3.63, 3.8) is 0 Å². The molecule has 0 saturated heterocycles. The molecule has 0 aliphatic rings. The molecule has 0 aliphatic carbocycles. The number of esters is 2. The van der Waals surface area contributed by atoms with E-state index in [1.165, 1.54) is 199 Å². The summed E-state index contributed by atoms with van der Waals surface area (Å²) < 4.78 is 34.8. The van der Waals surface area contributed by atoms with E-state index in [0.29, 0.717) is 17.4 Å². The fraction of sp³-hybridized carbons (Fsp3) is 0.750. The van der Waals surface area contributed by atoms with Gasteiger partial charge in [-0.1, -0.05) is 348 Å². The van der Waals surface area contributed by atoms with Gasteiger partial charge in [0.15, 0.2) is 6.10 Å². The molecule has 0 rings (SSSR count). The van der Waals surface area contributed by atoms with Crippen LogP contribution in [0.3, 0.4) is 0 Å². The fourth-order valence-corrected chi connectivity index (χ4v) is 11.3. The second-order valence-electron chi connectivity index (χ2n) is 26.3. The fourth-order valence-electron chi connectivity index (χ4n) is 10.6. The second kappa shape index (κ2) is 70.0. The van der Waals surface area contributed by atoms with Gasteiger partial charge in [0.05, 0.1) is 27.7 Å². The number of rotatable bonds is 69. The first kappa shape index (κ1) is 86.7. The summed E-state index contributed by atoms with van der Waals surface area (Å²) in [6.07, 6.45) is 99.3. The summed E-state index contributed by atoms with van der Waals surface area (Å²) in [5, 5.41) is 0. The van der Waals surface area contributed by atoms with Gasteiger partial charge in [0.1, 0.15) is 19.8 Å². The smallest absolute Gasteiger partial charge is 0.462 e. The standard InChI is InChI=1S/C80H142NO8P/c1-6-8-10-12-14-16-18-20-22-24-26-28-30-32-34-36-38-39-40-41-43-45-47-49-51-53-55-57-59-61-63-65-67-69-71-73-80(83)89-78(77-88-90(84,85)87-75-74-81(3,4)5)76-86-79(82)72-70-68-66-64-62-60-58-56-54-52-50-48-46-44-42-37-35-33-31-29-27-25-23-21-19-17-15-13-11-9-7-2/h8,10,14,16,20,22,26,28,32,34,38-39,41,43,47,49,53,55,78H,6-7,9,11-13,15,17-19,21,23-25,27,29-31,33,35-37,40,42,44-46,48,50-52,54,56-77H2,1-5H3/p+1/b10-8-,16-14-,22-20-,28-26-,34-32-,39-38-,43-41-,49-47-,55-53-. The number of nitrogens with zero attached hydrogens (tertiary/aromatic N) is 1. The summed E-state index contributed by atoms with van der Waals surface area (Å²) >= 11 is 0. The topological polar surface area (TPSA) is 108 Å². The van der Waals surface area contributed by atoms with Crippen LogP contribution >= 0.6 is 7.82 Å². The average molecular weight is 1280 g/mol. The van der Waals surface area contributed by atoms with Gasteiger partial charge in [0, 0.05) is 12.8 Å². The quantitative estimate of drug-likeness (QED) is 0.0211. The van der Waals surface area contributed by atoms with Crippen LogP contribution in [0.1, 0.15) is 335 Å². The molecule has 10 heteroatoms. The number of phosphoric acid groups is 1. The van der Waals surface area contributed by atoms with Crippen molar-refractivity contribution in [1.29, 1.82) is 0 Å². The first-order chi connectivity index (χ1) is 44.0. The zero-order chi connectivity index (χ0) is 65.5. The van der Waals surface area contributed by atoms with E-state index < -0.39 is 26.5 Å². The molecular formula is C80H143NO8P+. The molecule has 2 atom stereocenters. The minimum Gasteiger partial charge on any atom is -0.462 e. The van der Waals surface area contributed by atoms with Crippen LogP contribution in [0.4, 0.5) is 0 Å². The maximum absolute atomic E-state index is 12.9. The van der Waals surface area contributed by atoms with Crippen LogP contribution in [-0.2, 0) is 32.7 Å². The SMILES string of the molecule is CC/C=C\C/C=C\C/C=C\C/C=C\C/C=C\C/C=C\C/C=C\C/C=C\C/C=C\CCCCCCCCCC(=O)OC(COC(=O)CCCCCCCCCCCCCCCCCCCCCCCCCCCCCCCCC)COP(=O)(O)OCC[N+](C)(C)C. The van der Waals surface area contributed by atoms with E-state index in [4.69, 9.17) is 18.5 Å². The third-order valence-electron chi connectivity index (χ3n) is 16.3. The summed E-state index contributed by atoms with van der Waals surface area (Å²) in [7, 11) is 1.47. The monoisotopic (exact) mass is 1280 g/mol. The molecule has 0 radical (unpaired) electrons. The van der Waals surface area contributed by atoms with E-state index >= 15 is 0 Å². The number of quaternary nitrogens is 1. The molecule has 0 aliphatic heterocycles. The Labute approximate surface area is 556 Å². The molecule has 0 spiro atoms. The lowest BCUT2D eigenvalue weighted by Crippen LogP contribution is -2.37. The molecule has 9 nitrogen and oxygen atoms in total. The van der Waals surface area contributed by atoms with E-state index in [2.05, 4.69) is 123 Å². The number of hydrogen-bond acceptors (Lipinski definition) is 7. The van der Waals surface area contributed by atoms with E-state index in [0.717, 1.165) is 103 Å². The molecule has 2 unspecified atom stereocenters. The molecule has 520 valence electrons. The normalized spacial score (nSPS) is 13.7. The number of phosphoric ester groups is 1. The van der Waals surface area contributed by atoms with Crippen molar-refractivity contribution in [2.75, 3.05) is 47.5 Å². The van der Waals surface area contributed by atoms with E-state index in [1.807, 2.05) is 21.1 Å². The Morgan fingerprint density at radius 1 is 0.356 bits per heavy atom. The Hall–Kier alpha value is -3.33. The predicted molar refractivity (Wildman–Crippen MR) is 390 cm³/mol. The van der Waals surface area contributed by atoms with Gasteiger partial charge in [-0.3, -0.25) is 18.6 Å². The molecule has 0 fully saturated rings. The Kier molecular flexibility index (Phi) is 67.4. The zero-order valence-electron chi connectivity index (χ0n) is 59.4. The van der Waals surface area contributed by atoms with Gasteiger partial charge >= 0.3 is 19.8 Å². The van der Waals surface area contributed by atoms with Gasteiger partial charge in [-0.2, -0.15) is 0 Å². The van der Waals surface area contributed by atoms with E-state index in [9.17, 15) is 19.0 Å². The summed E-state index contributed by atoms with van der Waals surface area (Å²) in [6, 6.07) is 0. The Morgan fingerprint density at radius 3 is 0.944 bits per heavy atom. The molecule has 90 heavy (non-hydrogen) atoms. The molecule has 0 aromatic rings. The highest BCUT2D eigenvalue weighted by Crippen LogP contribution is 2.43. The van der Waals surface area contributed by atoms with Crippen LogP contribution in [0.5, 0.6) is 0 Å². The molecule has 0 amide bonds. The van der Waals surface area contributed by atoms with Gasteiger partial charge in [-0.05, 0) is 83.5 Å². The molecule has 0 bridgehead atoms. The summed E-state index contributed by atoms with van der Waals surface area (Å²) in [5.74, 6) is -0.802. The van der Waals surface area contributed by atoms with Gasteiger partial charge < -0.3 is 18.9 Å². The zero-order valence-corrected chi connectivity index (χ0v) is 60.2. The molecule has 1 N–H and O–H groups in total. The van der Waals surface area contributed by atoms with Crippen LogP contribution in [-0.4, -0.2) is 74.9 Å². The van der Waals surface area contributed by atoms with Crippen molar-refractivity contribution in [3.05, 3.63) is 109 Å². The highest BCUT2D eigenvalue weighted by atomic mass is 31.2. The molecule has 0 aromatic heterocycles. The van der Waals surface area contributed by atoms with Crippen LogP contribution in [0.15, 0.2) is 109 Å². The van der Waals surface area contributed by atoms with Gasteiger partial charge in [0.2, 0.25) is 0 Å². The van der Waals surface area contributed by atoms with Crippen molar-refractivity contribution < 1.29 is 42.1 Å². The number of allylic oxidation sites excluding steroid dienone is 18. The third kappa shape index (κ3) is 73.7. The van der Waals surface area contributed by atoms with Gasteiger partial charge in [0.25, 0.3) is 0 Å². The Bertz CT molecular complexity index is 1890. The predicted octanol–water partition coefficient (Wildman–Crippen LogP) is 24.8. The lowest BCUT2D eigenvalue weighted by atomic mass is 10.0. The lowest BCUT2D eigenvalue weighted by Gasteiger charge is -2.24. The van der Waals surface area contributed by atoms with Crippen molar-refractivity contribution in [2.24, 2.45) is 0 Å². The minimum absolute atomic E-state index is 0.0259. The van der Waals surface area contributed by atoms with Crippen LogP contribution < -0.4 is 0 Å². The van der Waals surface area contributed by atoms with E-state index in [1.54, 1.807) is 0 Å². The Balaban J connectivity index is 4.06. The largest absolute Gasteiger partial charge is 0.472 e. The van der Waals surface area contributed by atoms with Crippen LogP contribution in [0.25, 0.3) is 0 Å². The number of hydrogen-bond donors (Lipinski definition) is 1. The first-order valence-corrected chi connectivity index (χ1v) is 39.1. The Morgan fingerprint density at radius 2 is 0.633 bits per heavy atom. The third-order valence-corrected chi connectivity index (χ3v) is 17.3. The molecule has 0 saturated carbocycles. The highest BCUT2D eigenvalue weighted by molar-refractivity contribution is 7.47. The maximum atomic E-state index is 12.9. The summed E-state index contributed by atoms with van der Waals surface area (Å²) in [4.78, 5) is 35.9. The van der Waals surface area contributed by atoms with Crippen molar-refractivity contribution in [1.82, 2.24) is 0 Å². The average Bonchev–Trinajstić information content (AvgIpc) is 3.61. The van der Waals surface area contributed by atoms with Crippen LogP contribution in [0.2, 0.25) is 0 Å². The first-order valence-electron chi connectivity index (χ1n) is 37.6. The van der Waals surface area contributed by atoms with Crippen molar-refractivity contribution >= 4 is 19.8 Å². The van der Waals surface area contributed by atoms with Crippen LogP contribution in [0, 0.1) is 0 Å². The minimum atomic E-state index is -4.40. The lowest BCUT2D eigenvalue weighted by molar-refractivity contribution is -0.870. The van der Waals surface area contributed by atoms with Crippen molar-refractivity contribution in [2.45, 2.75) is 341 Å². The molecule has 0 aromatic carbocycles. The second-order valence-corrected chi connectivity index (χ2v) is 27.8. The maximum Gasteiger partial charge on any atom is 0.472 e. The van der Waals surface area contributed by atoms with Crippen molar-refractivity contribution in [3.8, 4) is 0 Å². The van der Waals surface area contributed by atoms with E-state index in [-0.39, 0.29) is 32.0 Å². The highest BCUT2D eigenvalue weighted by Gasteiger charge is 2.27. The number of ether oxygens (including phenoxy) is 2. The number of carbonyl (C=O) groups is 2. The summed E-state index contributed by atoms with van der Waals surface area (Å²) in [6.45, 7) is 4.35.